The first-order valence-corrected chi connectivity index (χ1v) is 5.47. The van der Waals surface area contributed by atoms with Crippen LogP contribution in [0.1, 0.15) is 45.8 Å². The minimum atomic E-state index is -0.0376. The first kappa shape index (κ1) is 13.5. The van der Waals surface area contributed by atoms with Crippen molar-refractivity contribution in [2.45, 2.75) is 44.9 Å². The lowest BCUT2D eigenvalue weighted by atomic mass is 9.89. The molecule has 1 saturated heterocycles. The highest BCUT2D eigenvalue weighted by Crippen LogP contribution is 2.30. The molecule has 92 valence electrons. The Hall–Kier alpha value is -0.610. The molecule has 1 unspecified atom stereocenters. The molecule has 1 aromatic heterocycles. The molecule has 0 radical (unpaired) electrons. The van der Waals surface area contributed by atoms with Crippen molar-refractivity contribution < 1.29 is 4.52 Å². The molecule has 2 heterocycles. The summed E-state index contributed by atoms with van der Waals surface area (Å²) >= 11 is 0. The van der Waals surface area contributed by atoms with E-state index < -0.39 is 0 Å². The van der Waals surface area contributed by atoms with Crippen LogP contribution < -0.4 is 5.32 Å². The monoisotopic (exact) mass is 245 g/mol. The van der Waals surface area contributed by atoms with Gasteiger partial charge in [-0.05, 0) is 19.9 Å². The molecule has 4 nitrogen and oxygen atoms in total. The Balaban J connectivity index is 0.00000128. The highest BCUT2D eigenvalue weighted by Gasteiger charge is 2.37. The van der Waals surface area contributed by atoms with Crippen LogP contribution in [0.5, 0.6) is 0 Å². The summed E-state index contributed by atoms with van der Waals surface area (Å²) in [5.41, 5.74) is -0.0133. The van der Waals surface area contributed by atoms with Crippen molar-refractivity contribution in [3.05, 3.63) is 11.7 Å². The summed E-state index contributed by atoms with van der Waals surface area (Å²) in [7, 11) is 0. The van der Waals surface area contributed by atoms with E-state index in [1.54, 1.807) is 0 Å². The minimum Gasteiger partial charge on any atom is -0.339 e. The van der Waals surface area contributed by atoms with Crippen LogP contribution in [-0.2, 0) is 10.8 Å². The van der Waals surface area contributed by atoms with E-state index >= 15 is 0 Å². The maximum Gasteiger partial charge on any atom is 0.233 e. The third-order valence-electron chi connectivity index (χ3n) is 2.98. The quantitative estimate of drug-likeness (QED) is 0.823. The van der Waals surface area contributed by atoms with Gasteiger partial charge < -0.3 is 9.84 Å². The number of nitrogens with zero attached hydrogens (tertiary/aromatic N) is 2. The normalized spacial score (nSPS) is 25.5. The lowest BCUT2D eigenvalue weighted by Crippen LogP contribution is -2.25. The van der Waals surface area contributed by atoms with Crippen molar-refractivity contribution in [2.24, 2.45) is 0 Å². The molecule has 0 spiro atoms. The van der Waals surface area contributed by atoms with Gasteiger partial charge in [0.15, 0.2) is 5.82 Å². The second kappa shape index (κ2) is 4.34. The standard InChI is InChI=1S/C11H19N3O.ClH/c1-10(2,3)8-13-9(15-14-8)11(4)5-6-12-7-11;/h12H,5-7H2,1-4H3;1H. The van der Waals surface area contributed by atoms with Gasteiger partial charge in [0.05, 0.1) is 5.41 Å². The van der Waals surface area contributed by atoms with E-state index in [1.807, 2.05) is 0 Å². The molecule has 5 heteroatoms. The van der Waals surface area contributed by atoms with E-state index in [1.165, 1.54) is 0 Å². The van der Waals surface area contributed by atoms with Crippen molar-refractivity contribution >= 4 is 12.4 Å². The fraction of sp³-hybridized carbons (Fsp3) is 0.818. The molecule has 0 amide bonds. The van der Waals surface area contributed by atoms with Gasteiger partial charge in [0.1, 0.15) is 0 Å². The fourth-order valence-corrected chi connectivity index (χ4v) is 1.77. The number of hydrogen-bond donors (Lipinski definition) is 1. The molecule has 1 aliphatic heterocycles. The van der Waals surface area contributed by atoms with Crippen molar-refractivity contribution in [1.82, 2.24) is 15.5 Å². The molecule has 1 aliphatic rings. The van der Waals surface area contributed by atoms with E-state index in [0.29, 0.717) is 0 Å². The van der Waals surface area contributed by atoms with E-state index in [0.717, 1.165) is 31.2 Å². The minimum absolute atomic E-state index is 0. The Morgan fingerprint density at radius 2 is 2.06 bits per heavy atom. The second-order valence-electron chi connectivity index (χ2n) is 5.66. The first-order valence-electron chi connectivity index (χ1n) is 5.47. The highest BCUT2D eigenvalue weighted by molar-refractivity contribution is 5.85. The van der Waals surface area contributed by atoms with Crippen LogP contribution in [0, 0.1) is 0 Å². The van der Waals surface area contributed by atoms with Gasteiger partial charge in [-0.25, -0.2) is 0 Å². The van der Waals surface area contributed by atoms with Crippen LogP contribution >= 0.6 is 12.4 Å². The predicted octanol–water partition coefficient (Wildman–Crippen LogP) is 2.04. The second-order valence-corrected chi connectivity index (χ2v) is 5.66. The summed E-state index contributed by atoms with van der Waals surface area (Å²) < 4.78 is 5.38. The molecule has 0 bridgehead atoms. The highest BCUT2D eigenvalue weighted by atomic mass is 35.5. The smallest absolute Gasteiger partial charge is 0.233 e. The SMILES string of the molecule is CC(C)(C)c1noc(C2(C)CCNC2)n1.Cl. The zero-order chi connectivity index (χ0) is 11.1. The molecule has 1 atom stereocenters. The third-order valence-corrected chi connectivity index (χ3v) is 2.98. The Morgan fingerprint density at radius 3 is 2.50 bits per heavy atom. The Labute approximate surface area is 103 Å². The topological polar surface area (TPSA) is 51.0 Å². The van der Waals surface area contributed by atoms with E-state index in [2.05, 4.69) is 43.2 Å². The molecule has 0 aromatic carbocycles. The van der Waals surface area contributed by atoms with Crippen LogP contribution in [0.4, 0.5) is 0 Å². The van der Waals surface area contributed by atoms with Crippen molar-refractivity contribution in [3.8, 4) is 0 Å². The lowest BCUT2D eigenvalue weighted by Gasteiger charge is -2.16. The van der Waals surface area contributed by atoms with Gasteiger partial charge in [-0.1, -0.05) is 25.9 Å². The molecule has 1 N–H and O–H groups in total. The molecule has 1 aromatic rings. The van der Waals surface area contributed by atoms with Crippen molar-refractivity contribution in [1.29, 1.82) is 0 Å². The van der Waals surface area contributed by atoms with Gasteiger partial charge in [0.2, 0.25) is 5.89 Å². The maximum absolute atomic E-state index is 5.38. The zero-order valence-corrected chi connectivity index (χ0v) is 11.1. The van der Waals surface area contributed by atoms with Crippen LogP contribution in [0.2, 0.25) is 0 Å². The zero-order valence-electron chi connectivity index (χ0n) is 10.3. The maximum atomic E-state index is 5.38. The number of rotatable bonds is 1. The molecular formula is C11H20ClN3O. The Bertz CT molecular complexity index is 350. The van der Waals surface area contributed by atoms with E-state index in [9.17, 15) is 0 Å². The van der Waals surface area contributed by atoms with Crippen LogP contribution in [0.15, 0.2) is 4.52 Å². The number of aromatic nitrogens is 2. The first-order chi connectivity index (χ1) is 6.92. The summed E-state index contributed by atoms with van der Waals surface area (Å²) in [5.74, 6) is 1.57. The summed E-state index contributed by atoms with van der Waals surface area (Å²) in [6, 6.07) is 0. The van der Waals surface area contributed by atoms with Crippen LogP contribution in [0.25, 0.3) is 0 Å². The largest absolute Gasteiger partial charge is 0.339 e. The fourth-order valence-electron chi connectivity index (χ4n) is 1.77. The van der Waals surface area contributed by atoms with Crippen molar-refractivity contribution in [2.75, 3.05) is 13.1 Å². The Kier molecular flexibility index (Phi) is 3.65. The van der Waals surface area contributed by atoms with Crippen molar-refractivity contribution in [3.63, 3.8) is 0 Å². The molecule has 0 aliphatic carbocycles. The lowest BCUT2D eigenvalue weighted by molar-refractivity contribution is 0.301. The summed E-state index contributed by atoms with van der Waals surface area (Å²) in [4.78, 5) is 4.52. The molecule has 1 fully saturated rings. The molecule has 16 heavy (non-hydrogen) atoms. The summed E-state index contributed by atoms with van der Waals surface area (Å²) in [6.45, 7) is 10.4. The van der Waals surface area contributed by atoms with Gasteiger partial charge in [0, 0.05) is 12.0 Å². The van der Waals surface area contributed by atoms with Gasteiger partial charge in [-0.15, -0.1) is 12.4 Å². The number of halogens is 1. The summed E-state index contributed by atoms with van der Waals surface area (Å²) in [5, 5.41) is 7.39. The van der Waals surface area contributed by atoms with Crippen LogP contribution in [0.3, 0.4) is 0 Å². The molecule has 2 rings (SSSR count). The molecule has 0 saturated carbocycles. The van der Waals surface area contributed by atoms with E-state index in [4.69, 9.17) is 4.52 Å². The number of nitrogens with one attached hydrogen (secondary N) is 1. The number of hydrogen-bond acceptors (Lipinski definition) is 4. The Morgan fingerprint density at radius 1 is 1.38 bits per heavy atom. The van der Waals surface area contributed by atoms with E-state index in [-0.39, 0.29) is 23.2 Å². The van der Waals surface area contributed by atoms with Gasteiger partial charge in [0.25, 0.3) is 0 Å². The average molecular weight is 246 g/mol. The predicted molar refractivity (Wildman–Crippen MR) is 65.1 cm³/mol. The summed E-state index contributed by atoms with van der Waals surface area (Å²) in [6.07, 6.45) is 1.07. The molecular weight excluding hydrogens is 226 g/mol. The van der Waals surface area contributed by atoms with Crippen LogP contribution in [-0.4, -0.2) is 23.2 Å². The van der Waals surface area contributed by atoms with Gasteiger partial charge >= 0.3 is 0 Å². The van der Waals surface area contributed by atoms with Gasteiger partial charge in [-0.2, -0.15) is 4.98 Å². The average Bonchev–Trinajstić information content (AvgIpc) is 2.69. The third kappa shape index (κ3) is 2.38. The van der Waals surface area contributed by atoms with Gasteiger partial charge in [-0.3, -0.25) is 0 Å².